The number of nitrogens with one attached hydrogen (secondary N) is 1. The van der Waals surface area contributed by atoms with Gasteiger partial charge in [-0.05, 0) is 17.7 Å². The van der Waals surface area contributed by atoms with Crippen molar-refractivity contribution in [3.05, 3.63) is 35.4 Å². The number of nitriles is 1. The van der Waals surface area contributed by atoms with Gasteiger partial charge in [-0.25, -0.2) is 0 Å². The van der Waals surface area contributed by atoms with Crippen LogP contribution in [0.2, 0.25) is 0 Å². The van der Waals surface area contributed by atoms with Gasteiger partial charge in [0.1, 0.15) is 0 Å². The zero-order chi connectivity index (χ0) is 12.1. The van der Waals surface area contributed by atoms with Crippen LogP contribution in [0.4, 0.5) is 0 Å². The Balaban J connectivity index is 0.00000162. The van der Waals surface area contributed by atoms with Crippen LogP contribution in [0.25, 0.3) is 0 Å². The predicted molar refractivity (Wildman–Crippen MR) is 72.7 cm³/mol. The Bertz CT molecular complexity index is 396. The molecule has 1 heterocycles. The SMILES string of the molecule is Cl.N#Cc1ccc([C@@H](CO)N2CCNCC2)cc1. The second kappa shape index (κ2) is 7.34. The monoisotopic (exact) mass is 267 g/mol. The fourth-order valence-corrected chi connectivity index (χ4v) is 2.21. The molecular formula is C13H18ClN3O. The molecule has 1 fully saturated rings. The Morgan fingerprint density at radius 3 is 2.39 bits per heavy atom. The molecule has 98 valence electrons. The topological polar surface area (TPSA) is 59.3 Å². The van der Waals surface area contributed by atoms with Gasteiger partial charge in [0.05, 0.1) is 24.3 Å². The third kappa shape index (κ3) is 3.44. The lowest BCUT2D eigenvalue weighted by Crippen LogP contribution is -2.46. The van der Waals surface area contributed by atoms with E-state index in [4.69, 9.17) is 5.26 Å². The molecule has 2 N–H and O–H groups in total. The van der Waals surface area contributed by atoms with Gasteiger partial charge < -0.3 is 10.4 Å². The van der Waals surface area contributed by atoms with Crippen molar-refractivity contribution in [1.29, 1.82) is 5.26 Å². The number of benzene rings is 1. The summed E-state index contributed by atoms with van der Waals surface area (Å²) >= 11 is 0. The van der Waals surface area contributed by atoms with E-state index in [1.54, 1.807) is 12.1 Å². The molecular weight excluding hydrogens is 250 g/mol. The van der Waals surface area contributed by atoms with Crippen LogP contribution in [-0.4, -0.2) is 42.8 Å². The average Bonchev–Trinajstić information content (AvgIpc) is 2.42. The zero-order valence-electron chi connectivity index (χ0n) is 10.2. The van der Waals surface area contributed by atoms with Gasteiger partial charge in [-0.15, -0.1) is 12.4 Å². The fourth-order valence-electron chi connectivity index (χ4n) is 2.21. The molecule has 0 spiro atoms. The number of aliphatic hydroxyl groups excluding tert-OH is 1. The number of hydrogen-bond donors (Lipinski definition) is 2. The van der Waals surface area contributed by atoms with Crippen molar-refractivity contribution >= 4 is 12.4 Å². The number of nitrogens with zero attached hydrogens (tertiary/aromatic N) is 2. The summed E-state index contributed by atoms with van der Waals surface area (Å²) in [6.45, 7) is 3.95. The maximum Gasteiger partial charge on any atom is 0.0991 e. The summed E-state index contributed by atoms with van der Waals surface area (Å²) < 4.78 is 0. The van der Waals surface area contributed by atoms with E-state index >= 15 is 0 Å². The molecule has 1 saturated heterocycles. The first-order valence-electron chi connectivity index (χ1n) is 5.91. The lowest BCUT2D eigenvalue weighted by atomic mass is 10.0. The average molecular weight is 268 g/mol. The predicted octanol–water partition coefficient (Wildman–Crippen LogP) is 0.919. The molecule has 0 radical (unpaired) electrons. The van der Waals surface area contributed by atoms with E-state index in [1.165, 1.54) is 0 Å². The maximum atomic E-state index is 9.53. The van der Waals surface area contributed by atoms with Gasteiger partial charge in [0.25, 0.3) is 0 Å². The van der Waals surface area contributed by atoms with Crippen LogP contribution in [0.3, 0.4) is 0 Å². The summed E-state index contributed by atoms with van der Waals surface area (Å²) in [5.74, 6) is 0. The third-order valence-electron chi connectivity index (χ3n) is 3.19. The van der Waals surface area contributed by atoms with Gasteiger partial charge in [-0.3, -0.25) is 4.90 Å². The summed E-state index contributed by atoms with van der Waals surface area (Å²) in [7, 11) is 0. The lowest BCUT2D eigenvalue weighted by Gasteiger charge is -2.34. The smallest absolute Gasteiger partial charge is 0.0991 e. The van der Waals surface area contributed by atoms with Crippen LogP contribution in [-0.2, 0) is 0 Å². The molecule has 0 amide bonds. The van der Waals surface area contributed by atoms with Crippen molar-refractivity contribution in [1.82, 2.24) is 10.2 Å². The number of hydrogen-bond acceptors (Lipinski definition) is 4. The van der Waals surface area contributed by atoms with Crippen molar-refractivity contribution < 1.29 is 5.11 Å². The first-order chi connectivity index (χ1) is 8.35. The molecule has 0 saturated carbocycles. The first kappa shape index (κ1) is 14.9. The molecule has 1 aromatic carbocycles. The standard InChI is InChI=1S/C13H17N3O.ClH/c14-9-11-1-3-12(4-2-11)13(10-17)16-7-5-15-6-8-16;/h1-4,13,15,17H,5-8,10H2;1H/t13-;/m1./s1. The highest BCUT2D eigenvalue weighted by atomic mass is 35.5. The van der Waals surface area contributed by atoms with Crippen LogP contribution >= 0.6 is 12.4 Å². The summed E-state index contributed by atoms with van der Waals surface area (Å²) in [5.41, 5.74) is 1.74. The molecule has 0 unspecified atom stereocenters. The highest BCUT2D eigenvalue weighted by Crippen LogP contribution is 2.20. The van der Waals surface area contributed by atoms with Gasteiger partial charge in [0.2, 0.25) is 0 Å². The Morgan fingerprint density at radius 1 is 1.28 bits per heavy atom. The van der Waals surface area contributed by atoms with E-state index in [9.17, 15) is 5.11 Å². The molecule has 18 heavy (non-hydrogen) atoms. The van der Waals surface area contributed by atoms with Crippen molar-refractivity contribution in [2.45, 2.75) is 6.04 Å². The van der Waals surface area contributed by atoms with Gasteiger partial charge in [-0.2, -0.15) is 5.26 Å². The van der Waals surface area contributed by atoms with E-state index in [-0.39, 0.29) is 25.1 Å². The van der Waals surface area contributed by atoms with Gasteiger partial charge in [0, 0.05) is 26.2 Å². The van der Waals surface area contributed by atoms with E-state index < -0.39 is 0 Å². The molecule has 4 nitrogen and oxygen atoms in total. The molecule has 1 aromatic rings. The maximum absolute atomic E-state index is 9.53. The van der Waals surface area contributed by atoms with E-state index in [1.807, 2.05) is 12.1 Å². The summed E-state index contributed by atoms with van der Waals surface area (Å²) in [4.78, 5) is 2.28. The Hall–Kier alpha value is -1.12. The van der Waals surface area contributed by atoms with Crippen LogP contribution in [0.5, 0.6) is 0 Å². The number of rotatable bonds is 3. The van der Waals surface area contributed by atoms with Crippen molar-refractivity contribution in [3.8, 4) is 6.07 Å². The lowest BCUT2D eigenvalue weighted by molar-refractivity contribution is 0.111. The molecule has 1 atom stereocenters. The summed E-state index contributed by atoms with van der Waals surface area (Å²) in [6, 6.07) is 9.63. The fraction of sp³-hybridized carbons (Fsp3) is 0.462. The minimum absolute atomic E-state index is 0. The highest BCUT2D eigenvalue weighted by Gasteiger charge is 2.21. The van der Waals surface area contributed by atoms with E-state index in [2.05, 4.69) is 16.3 Å². The van der Waals surface area contributed by atoms with E-state index in [0.29, 0.717) is 5.56 Å². The largest absolute Gasteiger partial charge is 0.394 e. The Labute approximate surface area is 114 Å². The summed E-state index contributed by atoms with van der Waals surface area (Å²) in [6.07, 6.45) is 0. The van der Waals surface area contributed by atoms with E-state index in [0.717, 1.165) is 31.7 Å². The van der Waals surface area contributed by atoms with Crippen LogP contribution < -0.4 is 5.32 Å². The zero-order valence-corrected chi connectivity index (χ0v) is 11.0. The van der Waals surface area contributed by atoms with Gasteiger partial charge in [0.15, 0.2) is 0 Å². The minimum Gasteiger partial charge on any atom is -0.394 e. The Kier molecular flexibility index (Phi) is 6.10. The first-order valence-corrected chi connectivity index (χ1v) is 5.91. The number of aliphatic hydroxyl groups is 1. The normalized spacial score (nSPS) is 17.6. The molecule has 5 heteroatoms. The Morgan fingerprint density at radius 2 is 1.89 bits per heavy atom. The van der Waals surface area contributed by atoms with Crippen molar-refractivity contribution in [2.75, 3.05) is 32.8 Å². The van der Waals surface area contributed by atoms with Gasteiger partial charge in [-0.1, -0.05) is 12.1 Å². The van der Waals surface area contributed by atoms with Gasteiger partial charge >= 0.3 is 0 Å². The highest BCUT2D eigenvalue weighted by molar-refractivity contribution is 5.85. The second-order valence-electron chi connectivity index (χ2n) is 4.22. The van der Waals surface area contributed by atoms with Crippen molar-refractivity contribution in [3.63, 3.8) is 0 Å². The van der Waals surface area contributed by atoms with Crippen molar-refractivity contribution in [2.24, 2.45) is 0 Å². The quantitative estimate of drug-likeness (QED) is 0.855. The third-order valence-corrected chi connectivity index (χ3v) is 3.19. The molecule has 1 aliphatic rings. The molecule has 0 bridgehead atoms. The van der Waals surface area contributed by atoms with Crippen LogP contribution in [0.1, 0.15) is 17.2 Å². The summed E-state index contributed by atoms with van der Waals surface area (Å²) in [5, 5.41) is 21.6. The number of halogens is 1. The molecule has 0 aliphatic carbocycles. The van der Waals surface area contributed by atoms with Crippen LogP contribution in [0.15, 0.2) is 24.3 Å². The van der Waals surface area contributed by atoms with Crippen LogP contribution in [0, 0.1) is 11.3 Å². The molecule has 2 rings (SSSR count). The minimum atomic E-state index is 0. The second-order valence-corrected chi connectivity index (χ2v) is 4.22. The molecule has 0 aromatic heterocycles. The number of piperazine rings is 1. The molecule has 1 aliphatic heterocycles.